The SMILES string of the molecule is COC(=O)C1=C(C)N(C)C(C)=C(C(=O)OC)C1c1cccc(C)c1. The van der Waals surface area contributed by atoms with Crippen molar-refractivity contribution in [1.82, 2.24) is 4.90 Å². The maximum absolute atomic E-state index is 12.5. The van der Waals surface area contributed by atoms with Gasteiger partial charge >= 0.3 is 11.9 Å². The molecule has 5 nitrogen and oxygen atoms in total. The zero-order valence-electron chi connectivity index (χ0n) is 15.0. The summed E-state index contributed by atoms with van der Waals surface area (Å²) in [4.78, 5) is 26.8. The van der Waals surface area contributed by atoms with Crippen LogP contribution < -0.4 is 0 Å². The lowest BCUT2D eigenvalue weighted by molar-refractivity contribution is -0.137. The van der Waals surface area contributed by atoms with Crippen LogP contribution in [0.4, 0.5) is 0 Å². The van der Waals surface area contributed by atoms with Gasteiger partial charge in [0.2, 0.25) is 0 Å². The molecule has 0 bridgehead atoms. The normalized spacial score (nSPS) is 15.7. The first kappa shape index (κ1) is 17.8. The number of allylic oxidation sites excluding steroid dienone is 2. The van der Waals surface area contributed by atoms with Crippen molar-refractivity contribution in [1.29, 1.82) is 0 Å². The van der Waals surface area contributed by atoms with E-state index in [1.54, 1.807) is 0 Å². The van der Waals surface area contributed by atoms with Crippen molar-refractivity contribution >= 4 is 11.9 Å². The largest absolute Gasteiger partial charge is 0.466 e. The van der Waals surface area contributed by atoms with E-state index in [0.717, 1.165) is 22.5 Å². The summed E-state index contributed by atoms with van der Waals surface area (Å²) in [5.41, 5.74) is 4.35. The quantitative estimate of drug-likeness (QED) is 0.798. The molecule has 24 heavy (non-hydrogen) atoms. The molecule has 5 heteroatoms. The molecule has 0 saturated carbocycles. The average molecular weight is 329 g/mol. The number of aryl methyl sites for hydroxylation is 1. The number of carbonyl (C=O) groups is 2. The second-order valence-electron chi connectivity index (χ2n) is 5.89. The number of methoxy groups -OCH3 is 2. The topological polar surface area (TPSA) is 55.8 Å². The first-order valence-corrected chi connectivity index (χ1v) is 7.71. The monoisotopic (exact) mass is 329 g/mol. The zero-order chi connectivity index (χ0) is 18.0. The average Bonchev–Trinajstić information content (AvgIpc) is 2.58. The van der Waals surface area contributed by atoms with E-state index in [1.807, 2.05) is 57.0 Å². The lowest BCUT2D eigenvalue weighted by Gasteiger charge is -2.35. The fraction of sp³-hybridized carbons (Fsp3) is 0.368. The van der Waals surface area contributed by atoms with Crippen LogP contribution in [0.25, 0.3) is 0 Å². The number of nitrogens with zero attached hydrogens (tertiary/aromatic N) is 1. The third-order valence-electron chi connectivity index (χ3n) is 4.55. The Labute approximate surface area is 142 Å². The van der Waals surface area contributed by atoms with Crippen molar-refractivity contribution in [2.75, 3.05) is 21.3 Å². The van der Waals surface area contributed by atoms with Crippen molar-refractivity contribution in [2.24, 2.45) is 0 Å². The minimum absolute atomic E-state index is 0.445. The second-order valence-corrected chi connectivity index (χ2v) is 5.89. The molecule has 1 heterocycles. The molecule has 0 saturated heterocycles. The van der Waals surface area contributed by atoms with Gasteiger partial charge in [0.15, 0.2) is 0 Å². The molecule has 1 aromatic carbocycles. The van der Waals surface area contributed by atoms with Crippen LogP contribution in [-0.2, 0) is 19.1 Å². The van der Waals surface area contributed by atoms with E-state index in [-0.39, 0.29) is 0 Å². The highest BCUT2D eigenvalue weighted by Gasteiger charge is 2.39. The standard InChI is InChI=1S/C19H23NO4/c1-11-8-7-9-14(10-11)17-15(18(21)23-5)12(2)20(4)13(3)16(17)19(22)24-6/h7-10,17H,1-6H3. The first-order valence-electron chi connectivity index (χ1n) is 7.71. The third-order valence-corrected chi connectivity index (χ3v) is 4.55. The molecular weight excluding hydrogens is 306 g/mol. The third kappa shape index (κ3) is 2.94. The van der Waals surface area contributed by atoms with Gasteiger partial charge in [0.1, 0.15) is 0 Å². The van der Waals surface area contributed by atoms with Crippen molar-refractivity contribution in [3.63, 3.8) is 0 Å². The molecule has 0 radical (unpaired) electrons. The summed E-state index contributed by atoms with van der Waals surface area (Å²) in [6.07, 6.45) is 0. The molecule has 128 valence electrons. The van der Waals surface area contributed by atoms with Crippen LogP contribution in [0.1, 0.15) is 30.9 Å². The Bertz CT molecular complexity index is 705. The lowest BCUT2D eigenvalue weighted by Crippen LogP contribution is -2.33. The Balaban J connectivity index is 2.77. The number of ether oxygens (including phenoxy) is 2. The van der Waals surface area contributed by atoms with E-state index >= 15 is 0 Å². The molecule has 0 atom stereocenters. The highest BCUT2D eigenvalue weighted by atomic mass is 16.5. The molecule has 1 aromatic rings. The molecule has 0 spiro atoms. The summed E-state index contributed by atoms with van der Waals surface area (Å²) in [5, 5.41) is 0. The number of rotatable bonds is 3. The number of hydrogen-bond acceptors (Lipinski definition) is 5. The van der Waals surface area contributed by atoms with Crippen LogP contribution in [0.5, 0.6) is 0 Å². The van der Waals surface area contributed by atoms with Gasteiger partial charge in [0.25, 0.3) is 0 Å². The maximum Gasteiger partial charge on any atom is 0.336 e. The summed E-state index contributed by atoms with van der Waals surface area (Å²) >= 11 is 0. The molecule has 0 aromatic heterocycles. The fourth-order valence-corrected chi connectivity index (χ4v) is 3.11. The molecule has 1 aliphatic rings. The van der Waals surface area contributed by atoms with Gasteiger partial charge in [-0.1, -0.05) is 29.8 Å². The minimum atomic E-state index is -0.513. The van der Waals surface area contributed by atoms with E-state index in [2.05, 4.69) is 0 Å². The Hall–Kier alpha value is -2.56. The molecular formula is C19H23NO4. The number of hydrogen-bond donors (Lipinski definition) is 0. The van der Waals surface area contributed by atoms with Crippen LogP contribution in [0.3, 0.4) is 0 Å². The second kappa shape index (κ2) is 6.91. The fourth-order valence-electron chi connectivity index (χ4n) is 3.11. The van der Waals surface area contributed by atoms with E-state index in [9.17, 15) is 9.59 Å². The highest BCUT2D eigenvalue weighted by molar-refractivity contribution is 5.99. The van der Waals surface area contributed by atoms with Crippen molar-refractivity contribution < 1.29 is 19.1 Å². The summed E-state index contributed by atoms with van der Waals surface area (Å²) in [5.74, 6) is -1.40. The highest BCUT2D eigenvalue weighted by Crippen LogP contribution is 2.42. The smallest absolute Gasteiger partial charge is 0.336 e. The number of esters is 2. The van der Waals surface area contributed by atoms with Gasteiger partial charge in [-0.25, -0.2) is 9.59 Å². The summed E-state index contributed by atoms with van der Waals surface area (Å²) in [6.45, 7) is 5.68. The number of benzene rings is 1. The van der Waals surface area contributed by atoms with Gasteiger partial charge in [-0.3, -0.25) is 0 Å². The van der Waals surface area contributed by atoms with E-state index in [1.165, 1.54) is 14.2 Å². The van der Waals surface area contributed by atoms with Crippen LogP contribution in [0, 0.1) is 6.92 Å². The van der Waals surface area contributed by atoms with Crippen LogP contribution in [-0.4, -0.2) is 38.1 Å². The van der Waals surface area contributed by atoms with Crippen molar-refractivity contribution in [3.8, 4) is 0 Å². The van der Waals surface area contributed by atoms with E-state index in [4.69, 9.17) is 9.47 Å². The summed E-state index contributed by atoms with van der Waals surface area (Å²) in [6, 6.07) is 7.77. The van der Waals surface area contributed by atoms with Gasteiger partial charge in [0, 0.05) is 18.4 Å². The minimum Gasteiger partial charge on any atom is -0.466 e. The molecule has 1 aliphatic heterocycles. The predicted molar refractivity (Wildman–Crippen MR) is 91.1 cm³/mol. The summed E-state index contributed by atoms with van der Waals surface area (Å²) in [7, 11) is 4.51. The Morgan fingerprint density at radius 3 is 1.88 bits per heavy atom. The van der Waals surface area contributed by atoms with Gasteiger partial charge in [0.05, 0.1) is 31.3 Å². The molecule has 0 N–H and O–H groups in total. The lowest BCUT2D eigenvalue weighted by atomic mass is 9.79. The maximum atomic E-state index is 12.5. The van der Waals surface area contributed by atoms with E-state index in [0.29, 0.717) is 11.1 Å². The van der Waals surface area contributed by atoms with Crippen LogP contribution in [0.15, 0.2) is 46.8 Å². The van der Waals surface area contributed by atoms with E-state index < -0.39 is 17.9 Å². The molecule has 0 unspecified atom stereocenters. The molecule has 0 aliphatic carbocycles. The van der Waals surface area contributed by atoms with Gasteiger partial charge in [-0.2, -0.15) is 0 Å². The van der Waals surface area contributed by atoms with Crippen LogP contribution >= 0.6 is 0 Å². The van der Waals surface area contributed by atoms with Gasteiger partial charge in [-0.05, 0) is 26.3 Å². The molecule has 0 amide bonds. The Morgan fingerprint density at radius 1 is 0.958 bits per heavy atom. The summed E-state index contributed by atoms with van der Waals surface area (Å²) < 4.78 is 9.98. The van der Waals surface area contributed by atoms with Crippen molar-refractivity contribution in [3.05, 3.63) is 57.9 Å². The van der Waals surface area contributed by atoms with Crippen LogP contribution in [0.2, 0.25) is 0 Å². The Morgan fingerprint density at radius 2 is 1.46 bits per heavy atom. The van der Waals surface area contributed by atoms with Crippen molar-refractivity contribution in [2.45, 2.75) is 26.7 Å². The predicted octanol–water partition coefficient (Wildman–Crippen LogP) is 2.92. The first-order chi connectivity index (χ1) is 11.3. The molecule has 2 rings (SSSR count). The Kier molecular flexibility index (Phi) is 5.12. The van der Waals surface area contributed by atoms with Gasteiger partial charge < -0.3 is 14.4 Å². The number of carbonyl (C=O) groups excluding carboxylic acids is 2. The molecule has 0 fully saturated rings. The van der Waals surface area contributed by atoms with Gasteiger partial charge in [-0.15, -0.1) is 0 Å². The zero-order valence-corrected chi connectivity index (χ0v) is 15.0.